The molecule has 0 radical (unpaired) electrons. The maximum Gasteiger partial charge on any atom is 2.00 e. The molecule has 1 saturated heterocycles. The van der Waals surface area contributed by atoms with E-state index in [4.69, 9.17) is 19.9 Å². The molecule has 3 aromatic heterocycles. The molecule has 0 N–H and O–H groups in total. The summed E-state index contributed by atoms with van der Waals surface area (Å²) < 4.78 is 0. The van der Waals surface area contributed by atoms with E-state index in [-0.39, 0.29) is 16.5 Å². The van der Waals surface area contributed by atoms with Crippen LogP contribution in [0.1, 0.15) is 35.6 Å². The number of fused-ring (bicyclic) bond motifs is 8. The monoisotopic (exact) mass is 587 g/mol. The predicted octanol–water partition coefficient (Wildman–Crippen LogP) is 7.85. The van der Waals surface area contributed by atoms with Gasteiger partial charge in [-0.3, -0.25) is 0 Å². The fraction of sp³-hybridized carbons (Fsp3) is 0.111. The van der Waals surface area contributed by atoms with E-state index in [2.05, 4.69) is 102 Å². The molecule has 0 unspecified atom stereocenters. The van der Waals surface area contributed by atoms with Crippen LogP contribution in [0.2, 0.25) is 0 Å². The van der Waals surface area contributed by atoms with E-state index in [1.54, 1.807) is 0 Å². The van der Waals surface area contributed by atoms with Gasteiger partial charge in [0.05, 0.1) is 22.8 Å². The standard InChI is InChI=1S/C36H27N5.Ni/c1-3-9-24(10-4-1)34-28-15-13-26(37-28)23-27-14-16-29(38-27)35(25-11-5-2-6-12-25)31-18-20-33(40-31)36(41-21-7-8-22-41)32-19-17-30(34)39-32;/h1-6,9-20,23H,7-8,21-22H2;/q-2;+2. The first-order valence-electron chi connectivity index (χ1n) is 14.2. The molecule has 2 aromatic carbocycles. The number of rotatable bonds is 3. The van der Waals surface area contributed by atoms with Gasteiger partial charge < -0.3 is 14.9 Å². The smallest absolute Gasteiger partial charge is 0.657 e. The van der Waals surface area contributed by atoms with Gasteiger partial charge in [0.2, 0.25) is 0 Å². The van der Waals surface area contributed by atoms with Gasteiger partial charge in [-0.05, 0) is 59.4 Å². The van der Waals surface area contributed by atoms with Crippen LogP contribution in [0, 0.1) is 0 Å². The normalized spacial score (nSPS) is 13.9. The Kier molecular flexibility index (Phi) is 6.85. The summed E-state index contributed by atoms with van der Waals surface area (Å²) in [5.74, 6) is 0. The quantitative estimate of drug-likeness (QED) is 0.197. The van der Waals surface area contributed by atoms with Crippen molar-refractivity contribution in [1.82, 2.24) is 19.9 Å². The fourth-order valence-electron chi connectivity index (χ4n) is 6.07. The average Bonchev–Trinajstić information content (AvgIpc) is 3.84. The van der Waals surface area contributed by atoms with Crippen LogP contribution >= 0.6 is 0 Å². The van der Waals surface area contributed by atoms with Crippen molar-refractivity contribution in [3.05, 3.63) is 114 Å². The summed E-state index contributed by atoms with van der Waals surface area (Å²) in [6.07, 6.45) is 10.7. The predicted molar refractivity (Wildman–Crippen MR) is 169 cm³/mol. The number of hydrogen-bond donors (Lipinski definition) is 0. The Hall–Kier alpha value is -4.67. The van der Waals surface area contributed by atoms with Crippen molar-refractivity contribution in [1.29, 1.82) is 0 Å². The molecule has 0 amide bonds. The van der Waals surface area contributed by atoms with Gasteiger partial charge in [-0.15, -0.1) is 22.1 Å². The number of nitrogens with zero attached hydrogens (tertiary/aromatic N) is 5. The third kappa shape index (κ3) is 4.68. The molecule has 0 saturated carbocycles. The van der Waals surface area contributed by atoms with Gasteiger partial charge in [0.1, 0.15) is 0 Å². The van der Waals surface area contributed by atoms with Gasteiger partial charge in [0.15, 0.2) is 0 Å². The third-order valence-electron chi connectivity index (χ3n) is 7.96. The molecule has 42 heavy (non-hydrogen) atoms. The SMILES string of the molecule is C1=Cc2nc1cc1ccc([n-]1)c(-c1ccccc1)c1nc(c(N3CCCC3)c3ccc([n-]3)c2-c2ccccc2)C=C1.[Ni+2]. The summed E-state index contributed by atoms with van der Waals surface area (Å²) in [7, 11) is 0. The summed E-state index contributed by atoms with van der Waals surface area (Å²) in [5, 5.41) is 0. The minimum absolute atomic E-state index is 0. The van der Waals surface area contributed by atoms with Crippen molar-refractivity contribution in [2.75, 3.05) is 18.0 Å². The van der Waals surface area contributed by atoms with Crippen molar-refractivity contribution in [2.24, 2.45) is 0 Å². The molecule has 206 valence electrons. The molecule has 0 aliphatic carbocycles. The molecule has 6 heterocycles. The van der Waals surface area contributed by atoms with Gasteiger partial charge in [0.25, 0.3) is 0 Å². The van der Waals surface area contributed by atoms with Gasteiger partial charge >= 0.3 is 16.5 Å². The van der Waals surface area contributed by atoms with E-state index in [9.17, 15) is 0 Å². The Morgan fingerprint density at radius 3 is 1.83 bits per heavy atom. The molecular weight excluding hydrogens is 561 g/mol. The minimum atomic E-state index is 0. The summed E-state index contributed by atoms with van der Waals surface area (Å²) >= 11 is 0. The van der Waals surface area contributed by atoms with Crippen LogP contribution in [0.15, 0.2) is 91.0 Å². The van der Waals surface area contributed by atoms with E-state index in [0.29, 0.717) is 0 Å². The van der Waals surface area contributed by atoms with Gasteiger partial charge in [-0.25, -0.2) is 9.97 Å². The summed E-state index contributed by atoms with van der Waals surface area (Å²) in [6, 6.07) is 31.3. The number of benzene rings is 2. The second kappa shape index (κ2) is 11.0. The summed E-state index contributed by atoms with van der Waals surface area (Å²) in [6.45, 7) is 2.00. The Balaban J connectivity index is 0.00000288. The van der Waals surface area contributed by atoms with Crippen LogP contribution in [0.3, 0.4) is 0 Å². The van der Waals surface area contributed by atoms with Crippen LogP contribution in [0.25, 0.3) is 68.6 Å². The first kappa shape index (κ1) is 26.2. The molecular formula is C36H27N5Ni. The zero-order chi connectivity index (χ0) is 27.2. The first-order chi connectivity index (χ1) is 20.3. The Bertz CT molecular complexity index is 1960. The van der Waals surface area contributed by atoms with Gasteiger partial charge in [-0.1, -0.05) is 91.0 Å². The largest absolute Gasteiger partial charge is 2.00 e. The molecule has 8 bridgehead atoms. The summed E-state index contributed by atoms with van der Waals surface area (Å²) in [5.41, 5.74) is 12.6. The molecule has 3 aliphatic rings. The molecule has 1 fully saturated rings. The first-order valence-corrected chi connectivity index (χ1v) is 14.2. The average molecular weight is 588 g/mol. The molecule has 0 spiro atoms. The van der Waals surface area contributed by atoms with Crippen LogP contribution in [0.5, 0.6) is 0 Å². The molecule has 3 aliphatic heterocycles. The molecule has 8 rings (SSSR count). The molecule has 6 heteroatoms. The molecule has 5 nitrogen and oxygen atoms in total. The zero-order valence-corrected chi connectivity index (χ0v) is 23.8. The van der Waals surface area contributed by atoms with E-state index in [1.807, 2.05) is 18.2 Å². The minimum Gasteiger partial charge on any atom is -0.657 e. The van der Waals surface area contributed by atoms with Crippen molar-refractivity contribution >= 4 is 52.1 Å². The zero-order valence-electron chi connectivity index (χ0n) is 22.9. The second-order valence-electron chi connectivity index (χ2n) is 10.6. The van der Waals surface area contributed by atoms with E-state index in [1.165, 1.54) is 12.8 Å². The summed E-state index contributed by atoms with van der Waals surface area (Å²) in [4.78, 5) is 23.0. The Labute approximate surface area is 254 Å². The van der Waals surface area contributed by atoms with E-state index in [0.717, 1.165) is 85.9 Å². The van der Waals surface area contributed by atoms with Crippen molar-refractivity contribution in [3.63, 3.8) is 0 Å². The number of anilines is 1. The van der Waals surface area contributed by atoms with E-state index < -0.39 is 0 Å². The fourth-order valence-corrected chi connectivity index (χ4v) is 6.07. The molecule has 0 atom stereocenters. The van der Waals surface area contributed by atoms with Crippen LogP contribution in [-0.4, -0.2) is 23.1 Å². The van der Waals surface area contributed by atoms with Gasteiger partial charge in [-0.2, -0.15) is 0 Å². The third-order valence-corrected chi connectivity index (χ3v) is 7.96. The van der Waals surface area contributed by atoms with Crippen molar-refractivity contribution in [3.8, 4) is 22.3 Å². The second-order valence-corrected chi connectivity index (χ2v) is 10.6. The van der Waals surface area contributed by atoms with Crippen LogP contribution in [0.4, 0.5) is 5.69 Å². The number of aromatic nitrogens is 4. The van der Waals surface area contributed by atoms with Crippen LogP contribution < -0.4 is 14.9 Å². The van der Waals surface area contributed by atoms with Crippen molar-refractivity contribution in [2.45, 2.75) is 12.8 Å². The molecule has 5 aromatic rings. The van der Waals surface area contributed by atoms with E-state index >= 15 is 0 Å². The Morgan fingerprint density at radius 1 is 0.548 bits per heavy atom. The van der Waals surface area contributed by atoms with Gasteiger partial charge in [0, 0.05) is 18.8 Å². The van der Waals surface area contributed by atoms with Crippen LogP contribution in [-0.2, 0) is 16.5 Å². The Morgan fingerprint density at radius 2 is 1.12 bits per heavy atom. The maximum atomic E-state index is 5.25. The van der Waals surface area contributed by atoms with Crippen molar-refractivity contribution < 1.29 is 16.5 Å². The topological polar surface area (TPSA) is 57.2 Å². The number of hydrogen-bond acceptors (Lipinski definition) is 3. The maximum absolute atomic E-state index is 5.25.